The maximum Gasteiger partial charge on any atom is 0.223 e. The second kappa shape index (κ2) is 4.49. The number of amides is 1. The van der Waals surface area contributed by atoms with Crippen molar-refractivity contribution in [2.24, 2.45) is 0 Å². The van der Waals surface area contributed by atoms with E-state index < -0.39 is 0 Å². The lowest BCUT2D eigenvalue weighted by Crippen LogP contribution is -2.27. The van der Waals surface area contributed by atoms with Crippen LogP contribution in [0.1, 0.15) is 13.8 Å². The molecule has 1 N–H and O–H groups in total. The predicted octanol–water partition coefficient (Wildman–Crippen LogP) is 2.55. The quantitative estimate of drug-likeness (QED) is 0.883. The molecule has 4 heteroatoms. The summed E-state index contributed by atoms with van der Waals surface area (Å²) in [5, 5.41) is 1.00. The topological polar surface area (TPSA) is 45.3 Å². The standard InChI is InChI=1S/C13H16N2O2/c1-4-15(9(2)16)13-8-14-12-6-5-10(17-3)7-11(12)13/h5-8,14H,4H2,1-3H3. The highest BCUT2D eigenvalue weighted by molar-refractivity contribution is 6.02. The average Bonchev–Trinajstić information content (AvgIpc) is 2.73. The number of hydrogen-bond donors (Lipinski definition) is 1. The minimum atomic E-state index is 0.0382. The molecule has 1 aromatic heterocycles. The Balaban J connectivity index is 2.57. The molecule has 0 aliphatic carbocycles. The van der Waals surface area contributed by atoms with Gasteiger partial charge in [-0.25, -0.2) is 0 Å². The lowest BCUT2D eigenvalue weighted by atomic mass is 10.2. The van der Waals surface area contributed by atoms with Gasteiger partial charge in [0.1, 0.15) is 5.75 Å². The number of aromatic nitrogens is 1. The first-order chi connectivity index (χ1) is 8.17. The molecule has 90 valence electrons. The molecule has 1 aromatic carbocycles. The predicted molar refractivity (Wildman–Crippen MR) is 68.6 cm³/mol. The summed E-state index contributed by atoms with van der Waals surface area (Å²) in [6.45, 7) is 4.18. The molecular formula is C13H16N2O2. The molecule has 0 bridgehead atoms. The van der Waals surface area contributed by atoms with Crippen molar-refractivity contribution in [1.82, 2.24) is 4.98 Å². The van der Waals surface area contributed by atoms with Gasteiger partial charge in [-0.2, -0.15) is 0 Å². The number of methoxy groups -OCH3 is 1. The summed E-state index contributed by atoms with van der Waals surface area (Å²) in [4.78, 5) is 16.4. The van der Waals surface area contributed by atoms with E-state index in [4.69, 9.17) is 4.74 Å². The number of fused-ring (bicyclic) bond motifs is 1. The van der Waals surface area contributed by atoms with Gasteiger partial charge in [0.05, 0.1) is 12.8 Å². The van der Waals surface area contributed by atoms with Crippen LogP contribution >= 0.6 is 0 Å². The van der Waals surface area contributed by atoms with Crippen LogP contribution in [-0.4, -0.2) is 24.5 Å². The van der Waals surface area contributed by atoms with Crippen LogP contribution in [0.3, 0.4) is 0 Å². The van der Waals surface area contributed by atoms with Gasteiger partial charge in [0.25, 0.3) is 0 Å². The number of benzene rings is 1. The van der Waals surface area contributed by atoms with E-state index in [9.17, 15) is 4.79 Å². The molecule has 2 rings (SSSR count). The number of aromatic amines is 1. The van der Waals surface area contributed by atoms with Crippen LogP contribution < -0.4 is 9.64 Å². The molecule has 4 nitrogen and oxygen atoms in total. The Kier molecular flexibility index (Phi) is 3.04. The van der Waals surface area contributed by atoms with Crippen molar-refractivity contribution in [3.63, 3.8) is 0 Å². The minimum Gasteiger partial charge on any atom is -0.497 e. The molecule has 0 atom stereocenters. The Morgan fingerprint density at radius 1 is 1.47 bits per heavy atom. The van der Waals surface area contributed by atoms with Crippen LogP contribution in [0.25, 0.3) is 10.9 Å². The Hall–Kier alpha value is -1.97. The van der Waals surface area contributed by atoms with E-state index in [1.54, 1.807) is 18.9 Å². The first-order valence-corrected chi connectivity index (χ1v) is 5.60. The van der Waals surface area contributed by atoms with Crippen LogP contribution in [0, 0.1) is 0 Å². The first-order valence-electron chi connectivity index (χ1n) is 5.60. The molecule has 0 radical (unpaired) electrons. The normalized spacial score (nSPS) is 10.5. The van der Waals surface area contributed by atoms with Crippen molar-refractivity contribution >= 4 is 22.5 Å². The number of nitrogens with one attached hydrogen (secondary N) is 1. The summed E-state index contributed by atoms with van der Waals surface area (Å²) in [5.74, 6) is 0.828. The van der Waals surface area contributed by atoms with Crippen LogP contribution in [-0.2, 0) is 4.79 Å². The summed E-state index contributed by atoms with van der Waals surface area (Å²) < 4.78 is 5.20. The fourth-order valence-corrected chi connectivity index (χ4v) is 2.00. The monoisotopic (exact) mass is 232 g/mol. The highest BCUT2D eigenvalue weighted by Crippen LogP contribution is 2.29. The Morgan fingerprint density at radius 2 is 2.24 bits per heavy atom. The molecular weight excluding hydrogens is 216 g/mol. The van der Waals surface area contributed by atoms with Crippen molar-refractivity contribution < 1.29 is 9.53 Å². The first kappa shape index (κ1) is 11.5. The molecule has 0 saturated carbocycles. The van der Waals surface area contributed by atoms with Crippen LogP contribution in [0.5, 0.6) is 5.75 Å². The molecule has 17 heavy (non-hydrogen) atoms. The number of anilines is 1. The number of ether oxygens (including phenoxy) is 1. The number of H-pyrrole nitrogens is 1. The van der Waals surface area contributed by atoms with E-state index >= 15 is 0 Å². The number of rotatable bonds is 3. The van der Waals surface area contributed by atoms with Gasteiger partial charge in [0.15, 0.2) is 0 Å². The molecule has 1 heterocycles. The summed E-state index contributed by atoms with van der Waals surface area (Å²) in [6.07, 6.45) is 1.86. The number of carbonyl (C=O) groups excluding carboxylic acids is 1. The number of hydrogen-bond acceptors (Lipinski definition) is 2. The van der Waals surface area contributed by atoms with Crippen molar-refractivity contribution in [2.45, 2.75) is 13.8 Å². The van der Waals surface area contributed by atoms with Crippen molar-refractivity contribution in [1.29, 1.82) is 0 Å². The van der Waals surface area contributed by atoms with E-state index in [1.807, 2.05) is 31.3 Å². The van der Waals surface area contributed by atoms with Crippen LogP contribution in [0.15, 0.2) is 24.4 Å². The maximum atomic E-state index is 11.6. The minimum absolute atomic E-state index is 0.0382. The third kappa shape index (κ3) is 1.98. The van der Waals surface area contributed by atoms with Gasteiger partial charge in [-0.15, -0.1) is 0 Å². The van der Waals surface area contributed by atoms with Gasteiger partial charge >= 0.3 is 0 Å². The summed E-state index contributed by atoms with van der Waals surface area (Å²) in [5.41, 5.74) is 1.90. The molecule has 0 aliphatic heterocycles. The lowest BCUT2D eigenvalue weighted by molar-refractivity contribution is -0.116. The van der Waals surface area contributed by atoms with Gasteiger partial charge in [-0.05, 0) is 25.1 Å². The lowest BCUT2D eigenvalue weighted by Gasteiger charge is -2.17. The van der Waals surface area contributed by atoms with Crippen molar-refractivity contribution in [3.8, 4) is 5.75 Å². The van der Waals surface area contributed by atoms with E-state index in [2.05, 4.69) is 4.98 Å². The van der Waals surface area contributed by atoms with E-state index in [1.165, 1.54) is 0 Å². The third-order valence-electron chi connectivity index (χ3n) is 2.85. The molecule has 0 unspecified atom stereocenters. The molecule has 2 aromatic rings. The number of carbonyl (C=O) groups is 1. The Labute approximate surface area is 100 Å². The zero-order chi connectivity index (χ0) is 12.4. The van der Waals surface area contributed by atoms with Crippen LogP contribution in [0.2, 0.25) is 0 Å². The average molecular weight is 232 g/mol. The van der Waals surface area contributed by atoms with Crippen molar-refractivity contribution in [2.75, 3.05) is 18.6 Å². The summed E-state index contributed by atoms with van der Waals surface area (Å²) >= 11 is 0. The smallest absolute Gasteiger partial charge is 0.223 e. The highest BCUT2D eigenvalue weighted by Gasteiger charge is 2.14. The second-order valence-electron chi connectivity index (χ2n) is 3.85. The largest absolute Gasteiger partial charge is 0.497 e. The van der Waals surface area contributed by atoms with E-state index in [0.29, 0.717) is 6.54 Å². The molecule has 0 spiro atoms. The van der Waals surface area contributed by atoms with E-state index in [-0.39, 0.29) is 5.91 Å². The highest BCUT2D eigenvalue weighted by atomic mass is 16.5. The second-order valence-corrected chi connectivity index (χ2v) is 3.85. The van der Waals surface area contributed by atoms with Crippen molar-refractivity contribution in [3.05, 3.63) is 24.4 Å². The summed E-state index contributed by atoms with van der Waals surface area (Å²) in [7, 11) is 1.63. The third-order valence-corrected chi connectivity index (χ3v) is 2.85. The zero-order valence-electron chi connectivity index (χ0n) is 10.3. The summed E-state index contributed by atoms with van der Waals surface area (Å²) in [6, 6.07) is 5.78. The fraction of sp³-hybridized carbons (Fsp3) is 0.308. The van der Waals surface area contributed by atoms with Gasteiger partial charge < -0.3 is 14.6 Å². The Morgan fingerprint density at radius 3 is 2.82 bits per heavy atom. The van der Waals surface area contributed by atoms with Gasteiger partial charge in [-0.1, -0.05) is 0 Å². The SMILES string of the molecule is CCN(C(C)=O)c1c[nH]c2ccc(OC)cc12. The number of nitrogens with zero attached hydrogens (tertiary/aromatic N) is 1. The molecule has 0 saturated heterocycles. The van der Waals surface area contributed by atoms with Gasteiger partial charge in [-0.3, -0.25) is 4.79 Å². The molecule has 1 amide bonds. The van der Waals surface area contributed by atoms with E-state index in [0.717, 1.165) is 22.3 Å². The zero-order valence-corrected chi connectivity index (χ0v) is 10.3. The van der Waals surface area contributed by atoms with Gasteiger partial charge in [0, 0.05) is 30.6 Å². The van der Waals surface area contributed by atoms with Gasteiger partial charge in [0.2, 0.25) is 5.91 Å². The van der Waals surface area contributed by atoms with Crippen LogP contribution in [0.4, 0.5) is 5.69 Å². The Bertz CT molecular complexity index is 545. The fourth-order valence-electron chi connectivity index (χ4n) is 2.00. The molecule has 0 aliphatic rings. The maximum absolute atomic E-state index is 11.6. The molecule has 0 fully saturated rings.